The fourth-order valence-electron chi connectivity index (χ4n) is 4.05. The van der Waals surface area contributed by atoms with E-state index in [9.17, 15) is 4.79 Å². The van der Waals surface area contributed by atoms with Crippen LogP contribution in [0.1, 0.15) is 39.3 Å². The second-order valence-electron chi connectivity index (χ2n) is 10.0. The predicted octanol–water partition coefficient (Wildman–Crippen LogP) is 4.62. The largest absolute Gasteiger partial charge is 0.497 e. The van der Waals surface area contributed by atoms with Crippen LogP contribution in [0.4, 0.5) is 22.1 Å². The number of ether oxygens (including phenoxy) is 2. The van der Waals surface area contributed by atoms with E-state index in [4.69, 9.17) is 14.7 Å². The molecule has 11 heteroatoms. The van der Waals surface area contributed by atoms with Gasteiger partial charge in [0.2, 0.25) is 0 Å². The Morgan fingerprint density at radius 1 is 1.13 bits per heavy atom. The summed E-state index contributed by atoms with van der Waals surface area (Å²) in [5.74, 6) is 2.03. The molecule has 38 heavy (non-hydrogen) atoms. The predicted molar refractivity (Wildman–Crippen MR) is 143 cm³/mol. The Hall–Kier alpha value is -4.46. The molecule has 3 heterocycles. The molecule has 4 rings (SSSR count). The maximum absolute atomic E-state index is 12.4. The van der Waals surface area contributed by atoms with E-state index in [1.165, 1.54) is 12.4 Å². The Labute approximate surface area is 222 Å². The third-order valence-electron chi connectivity index (χ3n) is 6.01. The first-order valence-electron chi connectivity index (χ1n) is 12.5. The number of anilines is 3. The number of hydrogen-bond donors (Lipinski definition) is 2. The third-order valence-corrected chi connectivity index (χ3v) is 6.01. The molecule has 1 amide bonds. The first kappa shape index (κ1) is 26.6. The van der Waals surface area contributed by atoms with Crippen LogP contribution in [0.25, 0.3) is 11.3 Å². The molecular weight excluding hydrogens is 484 g/mol. The molecular formula is C27H32N8O3. The average Bonchev–Trinajstić information content (AvgIpc) is 2.92. The fourth-order valence-corrected chi connectivity index (χ4v) is 4.05. The SMILES string of the molecule is COc1cccc(-c2nnc(Nc3cnc(C#N)cn3)cc2NCC2CCN(C(=O)OC(C)(C)C)CC2)c1. The number of rotatable bonds is 7. The highest BCUT2D eigenvalue weighted by Gasteiger charge is 2.27. The Balaban J connectivity index is 1.48. The van der Waals surface area contributed by atoms with Gasteiger partial charge in [-0.25, -0.2) is 14.8 Å². The summed E-state index contributed by atoms with van der Waals surface area (Å²) in [6.07, 6.45) is 4.34. The third kappa shape index (κ3) is 7.06. The van der Waals surface area contributed by atoms with E-state index in [0.717, 1.165) is 29.8 Å². The van der Waals surface area contributed by atoms with Crippen molar-refractivity contribution in [2.45, 2.75) is 39.2 Å². The van der Waals surface area contributed by atoms with E-state index in [1.54, 1.807) is 12.0 Å². The average molecular weight is 517 g/mol. The van der Waals surface area contributed by atoms with Gasteiger partial charge in [-0.2, -0.15) is 5.26 Å². The van der Waals surface area contributed by atoms with Crippen molar-refractivity contribution in [2.24, 2.45) is 5.92 Å². The summed E-state index contributed by atoms with van der Waals surface area (Å²) in [4.78, 5) is 22.4. The quantitative estimate of drug-likeness (QED) is 0.457. The molecule has 0 spiro atoms. The molecule has 0 radical (unpaired) electrons. The first-order valence-corrected chi connectivity index (χ1v) is 12.5. The Kier molecular flexibility index (Phi) is 8.21. The van der Waals surface area contributed by atoms with Gasteiger partial charge in [-0.15, -0.1) is 10.2 Å². The number of methoxy groups -OCH3 is 1. The molecule has 11 nitrogen and oxygen atoms in total. The normalized spacial score (nSPS) is 13.9. The minimum absolute atomic E-state index is 0.232. The van der Waals surface area contributed by atoms with Gasteiger partial charge in [-0.05, 0) is 51.7 Å². The van der Waals surface area contributed by atoms with Crippen LogP contribution >= 0.6 is 0 Å². The van der Waals surface area contributed by atoms with Gasteiger partial charge in [0, 0.05) is 31.3 Å². The number of carbonyl (C=O) groups is 1. The summed E-state index contributed by atoms with van der Waals surface area (Å²) in [5, 5.41) is 24.4. The molecule has 0 bridgehead atoms. The monoisotopic (exact) mass is 516 g/mol. The molecule has 1 saturated heterocycles. The number of nitrogens with zero attached hydrogens (tertiary/aromatic N) is 6. The van der Waals surface area contributed by atoms with Gasteiger partial charge in [0.15, 0.2) is 11.5 Å². The minimum atomic E-state index is -0.505. The molecule has 0 saturated carbocycles. The van der Waals surface area contributed by atoms with Crippen LogP contribution in [0, 0.1) is 17.2 Å². The van der Waals surface area contributed by atoms with Crippen LogP contribution in [0.2, 0.25) is 0 Å². The molecule has 1 aromatic carbocycles. The van der Waals surface area contributed by atoms with Crippen LogP contribution in [0.15, 0.2) is 42.7 Å². The summed E-state index contributed by atoms with van der Waals surface area (Å²) < 4.78 is 10.9. The van der Waals surface area contributed by atoms with Crippen molar-refractivity contribution in [1.29, 1.82) is 5.26 Å². The highest BCUT2D eigenvalue weighted by atomic mass is 16.6. The highest BCUT2D eigenvalue weighted by molar-refractivity contribution is 5.77. The Bertz CT molecular complexity index is 1290. The van der Waals surface area contributed by atoms with Gasteiger partial charge in [0.1, 0.15) is 28.9 Å². The number of carbonyl (C=O) groups excluding carboxylic acids is 1. The summed E-state index contributed by atoms with van der Waals surface area (Å²) in [5.41, 5.74) is 2.08. The number of nitriles is 1. The molecule has 2 N–H and O–H groups in total. The minimum Gasteiger partial charge on any atom is -0.497 e. The van der Waals surface area contributed by atoms with Crippen LogP contribution < -0.4 is 15.4 Å². The number of piperidine rings is 1. The highest BCUT2D eigenvalue weighted by Crippen LogP contribution is 2.31. The molecule has 3 aromatic rings. The summed E-state index contributed by atoms with van der Waals surface area (Å²) in [7, 11) is 1.62. The summed E-state index contributed by atoms with van der Waals surface area (Å²) in [6.45, 7) is 7.65. The molecule has 1 fully saturated rings. The lowest BCUT2D eigenvalue weighted by molar-refractivity contribution is 0.0188. The zero-order valence-corrected chi connectivity index (χ0v) is 22.1. The second kappa shape index (κ2) is 11.7. The molecule has 198 valence electrons. The maximum Gasteiger partial charge on any atom is 0.410 e. The van der Waals surface area contributed by atoms with Gasteiger partial charge >= 0.3 is 6.09 Å². The van der Waals surface area contributed by atoms with Gasteiger partial charge in [-0.1, -0.05) is 12.1 Å². The van der Waals surface area contributed by atoms with Crippen molar-refractivity contribution in [3.8, 4) is 23.1 Å². The number of benzene rings is 1. The van der Waals surface area contributed by atoms with Crippen LogP contribution in [0.5, 0.6) is 5.75 Å². The van der Waals surface area contributed by atoms with Crippen molar-refractivity contribution < 1.29 is 14.3 Å². The lowest BCUT2D eigenvalue weighted by Crippen LogP contribution is -2.42. The van der Waals surface area contributed by atoms with E-state index in [-0.39, 0.29) is 11.8 Å². The van der Waals surface area contributed by atoms with Crippen LogP contribution in [-0.4, -0.2) is 63.5 Å². The van der Waals surface area contributed by atoms with Crippen molar-refractivity contribution in [1.82, 2.24) is 25.1 Å². The number of likely N-dealkylation sites (tertiary alicyclic amines) is 1. The van der Waals surface area contributed by atoms with Crippen molar-refractivity contribution in [3.63, 3.8) is 0 Å². The maximum atomic E-state index is 12.4. The van der Waals surface area contributed by atoms with E-state index < -0.39 is 5.60 Å². The number of amides is 1. The molecule has 0 unspecified atom stereocenters. The topological polar surface area (TPSA) is 138 Å². The molecule has 1 aliphatic heterocycles. The second-order valence-corrected chi connectivity index (χ2v) is 10.0. The van der Waals surface area contributed by atoms with Gasteiger partial charge in [0.05, 0.1) is 25.2 Å². The van der Waals surface area contributed by atoms with Gasteiger partial charge in [-0.3, -0.25) is 0 Å². The van der Waals surface area contributed by atoms with E-state index in [0.29, 0.717) is 42.9 Å². The zero-order valence-electron chi connectivity index (χ0n) is 22.1. The van der Waals surface area contributed by atoms with Gasteiger partial charge in [0.25, 0.3) is 0 Å². The van der Waals surface area contributed by atoms with E-state index >= 15 is 0 Å². The standard InChI is InChI=1S/C27H32N8O3/c1-27(2,3)38-26(36)35-10-8-18(9-11-35)15-30-22-13-23(32-24-17-29-20(14-28)16-31-24)33-34-25(22)19-6-5-7-21(12-19)37-4/h5-7,12-13,16-18H,8-11,15H2,1-4H3,(H2,30,31,32,33). The van der Waals surface area contributed by atoms with Crippen molar-refractivity contribution in [2.75, 3.05) is 37.4 Å². The number of hydrogen-bond acceptors (Lipinski definition) is 10. The fraction of sp³-hybridized carbons (Fsp3) is 0.407. The molecule has 0 aliphatic carbocycles. The van der Waals surface area contributed by atoms with Crippen molar-refractivity contribution >= 4 is 23.4 Å². The van der Waals surface area contributed by atoms with Crippen molar-refractivity contribution in [3.05, 3.63) is 48.4 Å². The van der Waals surface area contributed by atoms with Crippen LogP contribution in [-0.2, 0) is 4.74 Å². The van der Waals surface area contributed by atoms with Crippen LogP contribution in [0.3, 0.4) is 0 Å². The first-order chi connectivity index (χ1) is 18.2. The molecule has 1 aliphatic rings. The summed E-state index contributed by atoms with van der Waals surface area (Å²) in [6, 6.07) is 11.5. The Morgan fingerprint density at radius 2 is 1.92 bits per heavy atom. The Morgan fingerprint density at radius 3 is 2.58 bits per heavy atom. The van der Waals surface area contributed by atoms with E-state index in [1.807, 2.05) is 57.2 Å². The number of aromatic nitrogens is 4. The molecule has 0 atom stereocenters. The zero-order chi connectivity index (χ0) is 27.1. The van der Waals surface area contributed by atoms with Gasteiger partial charge < -0.3 is 25.0 Å². The summed E-state index contributed by atoms with van der Waals surface area (Å²) >= 11 is 0. The lowest BCUT2D eigenvalue weighted by atomic mass is 9.97. The molecule has 2 aromatic heterocycles. The van der Waals surface area contributed by atoms with E-state index in [2.05, 4.69) is 30.8 Å². The lowest BCUT2D eigenvalue weighted by Gasteiger charge is -2.33. The number of nitrogens with one attached hydrogen (secondary N) is 2. The smallest absolute Gasteiger partial charge is 0.410 e.